The molecule has 0 aliphatic rings. The molecule has 7 heteroatoms. The molecule has 0 aliphatic carbocycles. The van der Waals surface area contributed by atoms with Crippen molar-refractivity contribution in [2.24, 2.45) is 5.73 Å². The molecule has 19 heavy (non-hydrogen) atoms. The Morgan fingerprint density at radius 1 is 1.53 bits per heavy atom. The Morgan fingerprint density at radius 2 is 2.32 bits per heavy atom. The molecule has 0 radical (unpaired) electrons. The fourth-order valence-corrected chi connectivity index (χ4v) is 3.44. The molecule has 2 aromatic rings. The van der Waals surface area contributed by atoms with Gasteiger partial charge in [-0.25, -0.2) is 4.98 Å². The Balaban J connectivity index is 2.05. The maximum absolute atomic E-state index is 7.36. The lowest BCUT2D eigenvalue weighted by Crippen LogP contribution is -2.10. The van der Waals surface area contributed by atoms with Gasteiger partial charge in [0.25, 0.3) is 0 Å². The molecule has 1 aromatic heterocycles. The molecule has 100 valence electrons. The number of nitrogen functional groups attached to an aromatic ring is 1. The minimum atomic E-state index is 0.0258. The minimum Gasteiger partial charge on any atom is -0.384 e. The van der Waals surface area contributed by atoms with Crippen molar-refractivity contribution in [2.45, 2.75) is 23.4 Å². The van der Waals surface area contributed by atoms with Crippen LogP contribution < -0.4 is 5.73 Å². The number of nitrogens with one attached hydrogen (secondary N) is 1. The van der Waals surface area contributed by atoms with Gasteiger partial charge in [0.05, 0.1) is 0 Å². The first-order chi connectivity index (χ1) is 9.10. The Hall–Kier alpha value is -1.11. The van der Waals surface area contributed by atoms with Gasteiger partial charge < -0.3 is 5.73 Å². The molecule has 0 saturated carbocycles. The van der Waals surface area contributed by atoms with Crippen LogP contribution in [0, 0.1) is 5.41 Å². The second-order valence-corrected chi connectivity index (χ2v) is 6.22. The average Bonchev–Trinajstić information content (AvgIpc) is 2.85. The van der Waals surface area contributed by atoms with Crippen molar-refractivity contribution in [1.82, 2.24) is 9.36 Å². The van der Waals surface area contributed by atoms with E-state index in [1.807, 2.05) is 19.1 Å². The molecule has 0 aliphatic heterocycles. The summed E-state index contributed by atoms with van der Waals surface area (Å²) in [5.41, 5.74) is 7.06. The highest BCUT2D eigenvalue weighted by atomic mass is 35.5. The highest BCUT2D eigenvalue weighted by Gasteiger charge is 2.07. The molecular weight excluding hydrogens is 300 g/mol. The van der Waals surface area contributed by atoms with Gasteiger partial charge in [-0.2, -0.15) is 4.37 Å². The smallest absolute Gasteiger partial charge is 0.170 e. The van der Waals surface area contributed by atoms with Gasteiger partial charge in [-0.15, -0.1) is 0 Å². The van der Waals surface area contributed by atoms with Crippen LogP contribution in [0.15, 0.2) is 22.5 Å². The second kappa shape index (κ2) is 6.36. The molecule has 0 spiro atoms. The maximum Gasteiger partial charge on any atom is 0.170 e. The molecular formula is C12H13ClN4S2. The lowest BCUT2D eigenvalue weighted by Gasteiger charge is -2.05. The van der Waals surface area contributed by atoms with Crippen LogP contribution in [0.2, 0.25) is 5.02 Å². The van der Waals surface area contributed by atoms with Crippen molar-refractivity contribution in [3.8, 4) is 0 Å². The van der Waals surface area contributed by atoms with Crippen molar-refractivity contribution in [1.29, 1.82) is 5.41 Å². The van der Waals surface area contributed by atoms with Gasteiger partial charge >= 0.3 is 0 Å². The van der Waals surface area contributed by atoms with Crippen LogP contribution in [0.1, 0.15) is 23.9 Å². The first kappa shape index (κ1) is 14.3. The molecule has 0 fully saturated rings. The first-order valence-corrected chi connectivity index (χ1v) is 7.82. The highest BCUT2D eigenvalue weighted by Crippen LogP contribution is 2.28. The fraction of sp³-hybridized carbons (Fsp3) is 0.250. The topological polar surface area (TPSA) is 75.7 Å². The zero-order valence-electron chi connectivity index (χ0n) is 10.3. The highest BCUT2D eigenvalue weighted by molar-refractivity contribution is 8.00. The number of hydrogen-bond donors (Lipinski definition) is 2. The van der Waals surface area contributed by atoms with Crippen LogP contribution in [0.3, 0.4) is 0 Å². The van der Waals surface area contributed by atoms with E-state index in [9.17, 15) is 0 Å². The molecule has 0 unspecified atom stereocenters. The normalized spacial score (nSPS) is 10.6. The summed E-state index contributed by atoms with van der Waals surface area (Å²) in [5.74, 6) is 1.64. The number of halogens is 1. The SMILES string of the molecule is CCc1nsc(SCc2ccc(C(=N)N)cc2Cl)n1. The zero-order valence-corrected chi connectivity index (χ0v) is 12.7. The quantitative estimate of drug-likeness (QED) is 0.504. The van der Waals surface area contributed by atoms with Crippen molar-refractivity contribution in [3.63, 3.8) is 0 Å². The van der Waals surface area contributed by atoms with Gasteiger partial charge in [0.2, 0.25) is 0 Å². The molecule has 1 aromatic carbocycles. The molecule has 2 rings (SSSR count). The lowest BCUT2D eigenvalue weighted by atomic mass is 10.1. The third kappa shape index (κ3) is 3.68. The van der Waals surface area contributed by atoms with Crippen LogP contribution in [0.4, 0.5) is 0 Å². The predicted molar refractivity (Wildman–Crippen MR) is 81.3 cm³/mol. The maximum atomic E-state index is 7.36. The number of aryl methyl sites for hydroxylation is 1. The summed E-state index contributed by atoms with van der Waals surface area (Å²) in [6.45, 7) is 2.04. The number of nitrogens with zero attached hydrogens (tertiary/aromatic N) is 2. The number of amidine groups is 1. The minimum absolute atomic E-state index is 0.0258. The number of benzene rings is 1. The van der Waals surface area contributed by atoms with E-state index in [-0.39, 0.29) is 5.84 Å². The van der Waals surface area contributed by atoms with E-state index < -0.39 is 0 Å². The summed E-state index contributed by atoms with van der Waals surface area (Å²) in [7, 11) is 0. The van der Waals surface area contributed by atoms with E-state index in [4.69, 9.17) is 22.7 Å². The third-order valence-corrected chi connectivity index (χ3v) is 4.75. The molecule has 3 N–H and O–H groups in total. The van der Waals surface area contributed by atoms with Crippen molar-refractivity contribution in [2.75, 3.05) is 0 Å². The number of nitrogens with two attached hydrogens (primary N) is 1. The number of aromatic nitrogens is 2. The van der Waals surface area contributed by atoms with Crippen LogP contribution in [0.25, 0.3) is 0 Å². The van der Waals surface area contributed by atoms with Gasteiger partial charge in [0.1, 0.15) is 11.7 Å². The van der Waals surface area contributed by atoms with Crippen LogP contribution in [-0.2, 0) is 12.2 Å². The molecule has 0 atom stereocenters. The molecule has 1 heterocycles. The fourth-order valence-electron chi connectivity index (χ4n) is 1.41. The second-order valence-electron chi connectivity index (χ2n) is 3.84. The number of rotatable bonds is 5. The Bertz CT molecular complexity index is 597. The van der Waals surface area contributed by atoms with E-state index in [1.165, 1.54) is 11.5 Å². The van der Waals surface area contributed by atoms with Gasteiger partial charge in [-0.1, -0.05) is 42.4 Å². The van der Waals surface area contributed by atoms with Gasteiger partial charge in [0, 0.05) is 22.8 Å². The summed E-state index contributed by atoms with van der Waals surface area (Å²) in [6, 6.07) is 5.42. The van der Waals surface area contributed by atoms with Crippen molar-refractivity contribution >= 4 is 40.7 Å². The van der Waals surface area contributed by atoms with Gasteiger partial charge in [-0.05, 0) is 23.2 Å². The van der Waals surface area contributed by atoms with Crippen LogP contribution in [0.5, 0.6) is 0 Å². The summed E-state index contributed by atoms with van der Waals surface area (Å²) in [5, 5.41) is 7.99. The Labute approximate surface area is 125 Å². The van der Waals surface area contributed by atoms with E-state index in [0.29, 0.717) is 10.6 Å². The van der Waals surface area contributed by atoms with Gasteiger partial charge in [0.15, 0.2) is 4.34 Å². The first-order valence-electron chi connectivity index (χ1n) is 5.68. The van der Waals surface area contributed by atoms with Crippen molar-refractivity contribution < 1.29 is 0 Å². The molecule has 0 bridgehead atoms. The van der Waals surface area contributed by atoms with Crippen LogP contribution in [-0.4, -0.2) is 15.2 Å². The molecule has 0 saturated heterocycles. The van der Waals surface area contributed by atoms with Gasteiger partial charge in [-0.3, -0.25) is 5.41 Å². The Kier molecular flexibility index (Phi) is 4.79. The monoisotopic (exact) mass is 312 g/mol. The predicted octanol–water partition coefficient (Wildman–Crippen LogP) is 3.33. The molecule has 0 amide bonds. The number of thioether (sulfide) groups is 1. The van der Waals surface area contributed by atoms with E-state index in [2.05, 4.69) is 9.36 Å². The van der Waals surface area contributed by atoms with Crippen molar-refractivity contribution in [3.05, 3.63) is 40.2 Å². The van der Waals surface area contributed by atoms with Crippen LogP contribution >= 0.6 is 34.9 Å². The lowest BCUT2D eigenvalue weighted by molar-refractivity contribution is 0.971. The average molecular weight is 313 g/mol. The van der Waals surface area contributed by atoms with E-state index in [1.54, 1.807) is 17.8 Å². The number of hydrogen-bond acceptors (Lipinski definition) is 5. The Morgan fingerprint density at radius 3 is 2.89 bits per heavy atom. The standard InChI is InChI=1S/C12H13ClN4S2/c1-2-10-16-12(19-17-10)18-6-8-4-3-7(11(14)15)5-9(8)13/h3-5H,2,6H2,1H3,(H3,14,15). The largest absolute Gasteiger partial charge is 0.384 e. The summed E-state index contributed by atoms with van der Waals surface area (Å²) in [6.07, 6.45) is 0.852. The third-order valence-electron chi connectivity index (χ3n) is 2.48. The van der Waals surface area contributed by atoms with E-state index >= 15 is 0 Å². The summed E-state index contributed by atoms with van der Waals surface area (Å²) in [4.78, 5) is 4.39. The zero-order chi connectivity index (χ0) is 13.8. The van der Waals surface area contributed by atoms with E-state index in [0.717, 1.165) is 27.9 Å². The summed E-state index contributed by atoms with van der Waals surface area (Å²) >= 11 is 9.20. The summed E-state index contributed by atoms with van der Waals surface area (Å²) < 4.78 is 5.19. The molecule has 4 nitrogen and oxygen atoms in total.